The molecule has 3 N–H and O–H groups in total. The molecule has 1 unspecified atom stereocenters. The summed E-state index contributed by atoms with van der Waals surface area (Å²) in [5, 5.41) is 6.19. The molecular weight excluding hydrogens is 600 g/mol. The monoisotopic (exact) mass is 646 g/mol. The van der Waals surface area contributed by atoms with Crippen LogP contribution in [0.25, 0.3) is 0 Å². The van der Waals surface area contributed by atoms with Crippen LogP contribution in [0.5, 0.6) is 0 Å². The van der Waals surface area contributed by atoms with Gasteiger partial charge in [-0.3, -0.25) is 9.59 Å². The van der Waals surface area contributed by atoms with Gasteiger partial charge in [-0.05, 0) is 81.7 Å². The minimum absolute atomic E-state index is 0.00284. The predicted molar refractivity (Wildman–Crippen MR) is 180 cm³/mol. The Morgan fingerprint density at radius 1 is 1.02 bits per heavy atom. The first-order valence-corrected chi connectivity index (χ1v) is 17.6. The summed E-state index contributed by atoms with van der Waals surface area (Å²) in [6, 6.07) is 18.0. The molecule has 0 aliphatic carbocycles. The number of hydrogen-bond donors (Lipinski definition) is 3. The number of fused-ring (bicyclic) bond motifs is 6. The molecule has 0 saturated carbocycles. The summed E-state index contributed by atoms with van der Waals surface area (Å²) in [5.41, 5.74) is 1.53. The number of amides is 2. The lowest BCUT2D eigenvalue weighted by Gasteiger charge is -2.34. The number of hydrogen-bond acceptors (Lipinski definition) is 8. The Bertz CT molecular complexity index is 1670. The number of pyridine rings is 2. The largest absolute Gasteiger partial charge is 0.367 e. The lowest BCUT2D eigenvalue weighted by molar-refractivity contribution is -0.121. The van der Waals surface area contributed by atoms with E-state index in [1.807, 2.05) is 30.3 Å². The second kappa shape index (κ2) is 13.4. The topological polar surface area (TPSA) is 133 Å². The van der Waals surface area contributed by atoms with Gasteiger partial charge in [0, 0.05) is 42.2 Å². The molecule has 2 amide bonds. The number of rotatable bonds is 6. The summed E-state index contributed by atoms with van der Waals surface area (Å²) in [5.74, 6) is 0.504. The Morgan fingerprint density at radius 2 is 1.78 bits per heavy atom. The molecule has 5 rings (SSSR count). The maximum Gasteiger partial charge on any atom is 0.281 e. The number of aromatic nitrogens is 2. The highest BCUT2D eigenvalue weighted by atomic mass is 32.2. The van der Waals surface area contributed by atoms with Crippen molar-refractivity contribution in [2.45, 2.75) is 102 Å². The van der Waals surface area contributed by atoms with Gasteiger partial charge in [-0.2, -0.15) is 8.42 Å². The fourth-order valence-corrected chi connectivity index (χ4v) is 7.34. The average molecular weight is 647 g/mol. The van der Waals surface area contributed by atoms with Gasteiger partial charge in [-0.25, -0.2) is 14.7 Å². The number of carbonyl (C=O) groups is 2. The summed E-state index contributed by atoms with van der Waals surface area (Å²) >= 11 is 0. The predicted octanol–water partition coefficient (Wildman–Crippen LogP) is 5.56. The fraction of sp³-hybridized carbons (Fsp3) is 0.486. The number of anilines is 2. The van der Waals surface area contributed by atoms with E-state index < -0.39 is 15.9 Å². The highest BCUT2D eigenvalue weighted by Gasteiger charge is 2.41. The Hall–Kier alpha value is -3.99. The van der Waals surface area contributed by atoms with Crippen molar-refractivity contribution < 1.29 is 18.0 Å². The van der Waals surface area contributed by atoms with Gasteiger partial charge < -0.3 is 15.5 Å². The quantitative estimate of drug-likeness (QED) is 0.317. The van der Waals surface area contributed by atoms with Gasteiger partial charge in [0.25, 0.3) is 15.9 Å². The minimum atomic E-state index is -4.28. The van der Waals surface area contributed by atoms with Crippen LogP contribution in [0.1, 0.15) is 94.8 Å². The molecule has 246 valence electrons. The summed E-state index contributed by atoms with van der Waals surface area (Å²) in [6.45, 7) is 11.7. The molecule has 1 saturated heterocycles. The Morgan fingerprint density at radius 3 is 2.52 bits per heavy atom. The number of sulfonamides is 1. The van der Waals surface area contributed by atoms with Crippen molar-refractivity contribution in [3.8, 4) is 0 Å². The second-order valence-corrected chi connectivity index (χ2v) is 15.8. The fourth-order valence-electron chi connectivity index (χ4n) is 6.40. The molecule has 46 heavy (non-hydrogen) atoms. The van der Waals surface area contributed by atoms with Crippen LogP contribution in [0.2, 0.25) is 0 Å². The molecule has 2 aromatic heterocycles. The molecule has 1 aromatic carbocycles. The van der Waals surface area contributed by atoms with E-state index in [1.54, 1.807) is 24.3 Å². The lowest BCUT2D eigenvalue weighted by Crippen LogP contribution is -2.41. The van der Waals surface area contributed by atoms with Crippen LogP contribution < -0.4 is 20.3 Å². The lowest BCUT2D eigenvalue weighted by atomic mass is 9.90. The summed E-state index contributed by atoms with van der Waals surface area (Å²) in [4.78, 5) is 37.8. The number of carbonyl (C=O) groups excluding carboxylic acids is 2. The maximum atomic E-state index is 13.6. The number of nitrogens with zero attached hydrogens (tertiary/aromatic N) is 3. The molecule has 1 fully saturated rings. The van der Waals surface area contributed by atoms with Crippen molar-refractivity contribution in [1.82, 2.24) is 20.0 Å². The van der Waals surface area contributed by atoms with E-state index in [1.165, 1.54) is 6.07 Å². The molecule has 0 spiro atoms. The van der Waals surface area contributed by atoms with E-state index in [9.17, 15) is 18.0 Å². The van der Waals surface area contributed by atoms with Crippen LogP contribution in [0, 0.1) is 5.92 Å². The summed E-state index contributed by atoms with van der Waals surface area (Å²) in [7, 11) is -4.28. The van der Waals surface area contributed by atoms with Gasteiger partial charge in [0.2, 0.25) is 5.91 Å². The summed E-state index contributed by atoms with van der Waals surface area (Å²) in [6.07, 6.45) is 4.40. The first-order chi connectivity index (χ1) is 21.7. The molecular formula is C35H46N6O4S. The molecule has 11 heteroatoms. The van der Waals surface area contributed by atoms with Gasteiger partial charge in [-0.1, -0.05) is 57.2 Å². The van der Waals surface area contributed by atoms with Crippen molar-refractivity contribution >= 4 is 33.5 Å². The standard InChI is InChI=1S/C35H46N6O4S/c1-34(2,3)28-20-19-27-32(38-28)41-23-25(21-35(41,4)5)17-18-26(13-9-15-30(42)36-22-24-11-7-6-8-12-24)37-29-14-10-16-31(39-29)46(44,45)40-33(27)43/h6-8,10-12,14,16,19-20,25-26H,9,13,15,17-18,21-23H2,1-5H3,(H,36,42)(H,37,39)(H,40,43)/t25-,26?/m0/s1. The zero-order chi connectivity index (χ0) is 33.1. The SMILES string of the molecule is CC(C)(C)c1ccc2c(n1)N1C[C@@H](CCC(CCCC(=O)NCc3ccccc3)Nc3cccc(n3)S(=O)(=O)NC2=O)CC1(C)C. The Kier molecular flexibility index (Phi) is 9.72. The van der Waals surface area contributed by atoms with E-state index in [2.05, 4.69) is 59.9 Å². The summed E-state index contributed by atoms with van der Waals surface area (Å²) < 4.78 is 29.1. The minimum Gasteiger partial charge on any atom is -0.367 e. The van der Waals surface area contributed by atoms with Crippen molar-refractivity contribution in [2.75, 3.05) is 16.8 Å². The molecule has 2 aliphatic rings. The van der Waals surface area contributed by atoms with Gasteiger partial charge in [0.05, 0.1) is 5.56 Å². The van der Waals surface area contributed by atoms with Crippen LogP contribution >= 0.6 is 0 Å². The Labute approximate surface area is 272 Å². The van der Waals surface area contributed by atoms with Crippen molar-refractivity contribution in [3.05, 3.63) is 77.5 Å². The zero-order valence-corrected chi connectivity index (χ0v) is 28.3. The third kappa shape index (κ3) is 8.04. The van der Waals surface area contributed by atoms with Crippen molar-refractivity contribution in [2.24, 2.45) is 5.92 Å². The van der Waals surface area contributed by atoms with Gasteiger partial charge in [0.15, 0.2) is 5.03 Å². The van der Waals surface area contributed by atoms with E-state index >= 15 is 0 Å². The smallest absolute Gasteiger partial charge is 0.281 e. The first-order valence-electron chi connectivity index (χ1n) is 16.1. The maximum absolute atomic E-state index is 13.6. The van der Waals surface area contributed by atoms with Gasteiger partial charge >= 0.3 is 0 Å². The second-order valence-electron chi connectivity index (χ2n) is 14.2. The molecule has 2 aliphatic heterocycles. The third-order valence-corrected chi connectivity index (χ3v) is 10.1. The molecule has 2 atom stereocenters. The normalized spacial score (nSPS) is 20.8. The zero-order valence-electron chi connectivity index (χ0n) is 27.5. The van der Waals surface area contributed by atoms with Crippen LogP contribution in [0.15, 0.2) is 65.7 Å². The molecule has 10 nitrogen and oxygen atoms in total. The van der Waals surface area contributed by atoms with Crippen molar-refractivity contribution in [1.29, 1.82) is 0 Å². The van der Waals surface area contributed by atoms with Crippen LogP contribution in [-0.2, 0) is 26.8 Å². The van der Waals surface area contributed by atoms with E-state index in [-0.39, 0.29) is 33.5 Å². The van der Waals surface area contributed by atoms with Gasteiger partial charge in [0.1, 0.15) is 11.6 Å². The first kappa shape index (κ1) is 33.4. The molecule has 0 radical (unpaired) electrons. The average Bonchev–Trinajstić information content (AvgIpc) is 3.31. The van der Waals surface area contributed by atoms with E-state index in [0.29, 0.717) is 49.9 Å². The Balaban J connectivity index is 1.40. The highest BCUT2D eigenvalue weighted by Crippen LogP contribution is 2.40. The highest BCUT2D eigenvalue weighted by molar-refractivity contribution is 7.90. The van der Waals surface area contributed by atoms with E-state index in [0.717, 1.165) is 30.5 Å². The third-order valence-electron chi connectivity index (χ3n) is 8.89. The molecule has 4 heterocycles. The molecule has 3 aromatic rings. The molecule has 4 bridgehead atoms. The van der Waals surface area contributed by atoms with Crippen LogP contribution in [0.4, 0.5) is 11.6 Å². The van der Waals surface area contributed by atoms with Gasteiger partial charge in [-0.15, -0.1) is 0 Å². The number of nitrogens with one attached hydrogen (secondary N) is 3. The number of benzene rings is 1. The van der Waals surface area contributed by atoms with Crippen LogP contribution in [0.3, 0.4) is 0 Å². The van der Waals surface area contributed by atoms with Crippen molar-refractivity contribution in [3.63, 3.8) is 0 Å². The van der Waals surface area contributed by atoms with Crippen LogP contribution in [-0.4, -0.2) is 48.3 Å². The van der Waals surface area contributed by atoms with E-state index in [4.69, 9.17) is 4.98 Å².